The van der Waals surface area contributed by atoms with Crippen molar-refractivity contribution in [2.75, 3.05) is 13.1 Å². The van der Waals surface area contributed by atoms with Gasteiger partial charge in [0, 0.05) is 18.8 Å². The van der Waals surface area contributed by atoms with Gasteiger partial charge in [-0.25, -0.2) is 4.98 Å². The summed E-state index contributed by atoms with van der Waals surface area (Å²) in [6.45, 7) is 4.78. The maximum Gasteiger partial charge on any atom is 0.257 e. The second-order valence-corrected chi connectivity index (χ2v) is 8.74. The zero-order valence-electron chi connectivity index (χ0n) is 16.4. The van der Waals surface area contributed by atoms with Gasteiger partial charge in [0.2, 0.25) is 0 Å². The summed E-state index contributed by atoms with van der Waals surface area (Å²) in [6, 6.07) is 4.32. The van der Waals surface area contributed by atoms with Crippen molar-refractivity contribution in [3.63, 3.8) is 0 Å². The normalized spacial score (nSPS) is 19.8. The van der Waals surface area contributed by atoms with Crippen LogP contribution >= 0.6 is 23.7 Å². The molecule has 1 aliphatic carbocycles. The third-order valence-electron chi connectivity index (χ3n) is 6.30. The Labute approximate surface area is 180 Å². The first kappa shape index (κ1) is 20.3. The highest BCUT2D eigenvalue weighted by Gasteiger charge is 2.57. The van der Waals surface area contributed by atoms with Gasteiger partial charge in [-0.05, 0) is 72.6 Å². The molecule has 1 unspecified atom stereocenters. The number of thiophene rings is 1. The summed E-state index contributed by atoms with van der Waals surface area (Å²) in [4.78, 5) is 20.0. The van der Waals surface area contributed by atoms with E-state index in [-0.39, 0.29) is 18.3 Å². The van der Waals surface area contributed by atoms with Crippen LogP contribution in [0.3, 0.4) is 0 Å². The highest BCUT2D eigenvalue weighted by molar-refractivity contribution is 7.07. The molecule has 0 radical (unpaired) electrons. The second kappa shape index (κ2) is 8.05. The first-order valence-electron chi connectivity index (χ1n) is 9.97. The molecule has 154 valence electrons. The lowest BCUT2D eigenvalue weighted by Crippen LogP contribution is -2.39. The predicted molar refractivity (Wildman–Crippen MR) is 116 cm³/mol. The Hall–Kier alpha value is -1.96. The molecule has 1 spiro atoms. The minimum Gasteiger partial charge on any atom is -0.336 e. The first-order chi connectivity index (χ1) is 13.7. The Morgan fingerprint density at radius 1 is 1.41 bits per heavy atom. The third-order valence-corrected chi connectivity index (χ3v) is 7.03. The van der Waals surface area contributed by atoms with E-state index >= 15 is 0 Å². The molecule has 0 bridgehead atoms. The molecule has 1 saturated carbocycles. The number of hydrogen-bond acceptors (Lipinski definition) is 6. The largest absolute Gasteiger partial charge is 0.336 e. The van der Waals surface area contributed by atoms with Crippen molar-refractivity contribution >= 4 is 40.8 Å². The molecule has 1 aliphatic heterocycles. The maximum atomic E-state index is 13.6. The summed E-state index contributed by atoms with van der Waals surface area (Å²) in [5.41, 5.74) is 3.46. The van der Waals surface area contributed by atoms with Crippen LogP contribution in [0.2, 0.25) is 0 Å². The lowest BCUT2D eigenvalue weighted by Gasteiger charge is -2.29. The van der Waals surface area contributed by atoms with Crippen LogP contribution in [0.15, 0.2) is 33.6 Å². The summed E-state index contributed by atoms with van der Waals surface area (Å²) in [5.74, 6) is 0.0595. The number of nitrogens with one attached hydrogen (secondary N) is 1. The fraction of sp³-hybridized carbons (Fsp3) is 0.476. The van der Waals surface area contributed by atoms with Crippen molar-refractivity contribution in [3.05, 3.63) is 45.9 Å². The first-order valence-corrected chi connectivity index (χ1v) is 10.9. The van der Waals surface area contributed by atoms with E-state index in [0.29, 0.717) is 29.3 Å². The molecular weight excluding hydrogens is 408 g/mol. The summed E-state index contributed by atoms with van der Waals surface area (Å²) in [5, 5.41) is 12.6. The number of aryl methyl sites for hydroxylation is 1. The van der Waals surface area contributed by atoms with Gasteiger partial charge in [-0.1, -0.05) is 12.1 Å². The average Bonchev–Trinajstić information content (AvgIpc) is 3.09. The van der Waals surface area contributed by atoms with Crippen molar-refractivity contribution in [3.8, 4) is 0 Å². The van der Waals surface area contributed by atoms with Crippen LogP contribution in [0.25, 0.3) is 11.1 Å². The van der Waals surface area contributed by atoms with Crippen LogP contribution < -0.4 is 5.32 Å². The maximum absolute atomic E-state index is 13.6. The molecule has 2 aliphatic rings. The van der Waals surface area contributed by atoms with Gasteiger partial charge in [0.15, 0.2) is 0 Å². The Morgan fingerprint density at radius 3 is 2.97 bits per heavy atom. The van der Waals surface area contributed by atoms with Gasteiger partial charge >= 0.3 is 0 Å². The molecule has 5 rings (SSSR count). The standard InChI is InChI=1S/C21H24N4O2S.ClH/c1-2-17-16-9-15(11-23-19(16)27-24-17)20(26)25(12-14-3-8-28-13-14)18-10-21(18)4-6-22-7-5-21;/h3,8-9,11,13,18,22H,2,4-7,10,12H2,1H3;1H. The molecule has 8 heteroatoms. The van der Waals surface area contributed by atoms with E-state index in [0.717, 1.165) is 49.9 Å². The summed E-state index contributed by atoms with van der Waals surface area (Å²) < 4.78 is 5.28. The number of pyridine rings is 1. The zero-order chi connectivity index (χ0) is 19.1. The summed E-state index contributed by atoms with van der Waals surface area (Å²) >= 11 is 1.68. The van der Waals surface area contributed by atoms with Gasteiger partial charge in [-0.2, -0.15) is 11.3 Å². The van der Waals surface area contributed by atoms with E-state index in [1.54, 1.807) is 17.5 Å². The van der Waals surface area contributed by atoms with Crippen molar-refractivity contribution < 1.29 is 9.32 Å². The van der Waals surface area contributed by atoms with E-state index in [1.807, 2.05) is 13.0 Å². The second-order valence-electron chi connectivity index (χ2n) is 7.96. The zero-order valence-corrected chi connectivity index (χ0v) is 18.0. The highest BCUT2D eigenvalue weighted by atomic mass is 35.5. The van der Waals surface area contributed by atoms with Gasteiger partial charge in [-0.15, -0.1) is 12.4 Å². The van der Waals surface area contributed by atoms with E-state index in [9.17, 15) is 4.79 Å². The molecule has 1 saturated heterocycles. The minimum atomic E-state index is 0. The van der Waals surface area contributed by atoms with Crippen molar-refractivity contribution in [2.45, 2.75) is 45.2 Å². The molecule has 4 heterocycles. The van der Waals surface area contributed by atoms with Crippen molar-refractivity contribution in [1.29, 1.82) is 0 Å². The molecule has 2 fully saturated rings. The molecule has 3 aromatic heterocycles. The van der Waals surface area contributed by atoms with E-state index in [2.05, 4.69) is 37.2 Å². The quantitative estimate of drug-likeness (QED) is 0.658. The van der Waals surface area contributed by atoms with Crippen LogP contribution in [0.5, 0.6) is 0 Å². The number of hydrogen-bond donors (Lipinski definition) is 1. The molecule has 29 heavy (non-hydrogen) atoms. The number of aromatic nitrogens is 2. The molecular formula is C21H25ClN4O2S. The third kappa shape index (κ3) is 3.67. The topological polar surface area (TPSA) is 71.3 Å². The smallest absolute Gasteiger partial charge is 0.257 e. The number of carbonyl (C=O) groups excluding carboxylic acids is 1. The van der Waals surface area contributed by atoms with E-state index < -0.39 is 0 Å². The van der Waals surface area contributed by atoms with Crippen molar-refractivity contribution in [1.82, 2.24) is 20.4 Å². The number of carbonyl (C=O) groups is 1. The Morgan fingerprint density at radius 2 is 2.24 bits per heavy atom. The van der Waals surface area contributed by atoms with Crippen LogP contribution in [-0.4, -0.2) is 40.1 Å². The van der Waals surface area contributed by atoms with E-state index in [4.69, 9.17) is 4.52 Å². The number of piperidine rings is 1. The van der Waals surface area contributed by atoms with Gasteiger partial charge in [-0.3, -0.25) is 4.79 Å². The highest BCUT2D eigenvalue weighted by Crippen LogP contribution is 2.56. The van der Waals surface area contributed by atoms with E-state index in [1.165, 1.54) is 5.56 Å². The fourth-order valence-electron chi connectivity index (χ4n) is 4.55. The Balaban J connectivity index is 0.00000205. The Kier molecular flexibility index (Phi) is 5.64. The molecule has 1 N–H and O–H groups in total. The Bertz CT molecular complexity index is 997. The van der Waals surface area contributed by atoms with Crippen LogP contribution in [0.1, 0.15) is 47.8 Å². The van der Waals surface area contributed by atoms with Crippen LogP contribution in [-0.2, 0) is 13.0 Å². The van der Waals surface area contributed by atoms with Gasteiger partial charge < -0.3 is 14.7 Å². The minimum absolute atomic E-state index is 0. The fourth-order valence-corrected chi connectivity index (χ4v) is 5.21. The lowest BCUT2D eigenvalue weighted by molar-refractivity contribution is 0.0692. The molecule has 1 atom stereocenters. The van der Waals surface area contributed by atoms with Gasteiger partial charge in [0.05, 0.1) is 16.6 Å². The molecule has 6 nitrogen and oxygen atoms in total. The molecule has 0 aromatic carbocycles. The van der Waals surface area contributed by atoms with Crippen LogP contribution in [0, 0.1) is 5.41 Å². The average molecular weight is 433 g/mol. The monoisotopic (exact) mass is 432 g/mol. The summed E-state index contributed by atoms with van der Waals surface area (Å²) in [7, 11) is 0. The lowest BCUT2D eigenvalue weighted by atomic mass is 9.93. The SMILES string of the molecule is CCc1noc2ncc(C(=O)N(Cc3ccsc3)C3CC34CCNCC4)cc12.Cl. The number of halogens is 1. The number of nitrogens with zero attached hydrogens (tertiary/aromatic N) is 3. The summed E-state index contributed by atoms with van der Waals surface area (Å²) in [6.07, 6.45) is 5.78. The van der Waals surface area contributed by atoms with Crippen molar-refractivity contribution in [2.24, 2.45) is 5.41 Å². The number of amides is 1. The van der Waals surface area contributed by atoms with Crippen LogP contribution in [0.4, 0.5) is 0 Å². The number of fused-ring (bicyclic) bond motifs is 1. The van der Waals surface area contributed by atoms with Gasteiger partial charge in [0.25, 0.3) is 11.6 Å². The molecule has 3 aromatic rings. The predicted octanol–water partition coefficient (Wildman–Crippen LogP) is 4.05. The molecule has 1 amide bonds. The number of rotatable bonds is 5. The van der Waals surface area contributed by atoms with Gasteiger partial charge in [0.1, 0.15) is 0 Å².